The van der Waals surface area contributed by atoms with Crippen molar-refractivity contribution in [2.24, 2.45) is 0 Å². The molecule has 29 heavy (non-hydrogen) atoms. The van der Waals surface area contributed by atoms with Crippen molar-refractivity contribution < 1.29 is 17.9 Å². The SMILES string of the molecule is CC(C)S(=O)(=O)c1ccccc1C(=O)Nc1ccc(Oc2cccc(Br)c2)nc1. The van der Waals surface area contributed by atoms with Crippen LogP contribution in [0, 0.1) is 0 Å². The molecule has 0 saturated carbocycles. The Hall–Kier alpha value is -2.71. The first-order chi connectivity index (χ1) is 13.8. The van der Waals surface area contributed by atoms with Gasteiger partial charge in [0.1, 0.15) is 5.75 Å². The summed E-state index contributed by atoms with van der Waals surface area (Å²) in [6.45, 7) is 3.16. The fourth-order valence-electron chi connectivity index (χ4n) is 2.52. The molecule has 0 bridgehead atoms. The summed E-state index contributed by atoms with van der Waals surface area (Å²) in [4.78, 5) is 16.9. The molecule has 2 aromatic carbocycles. The first-order valence-electron chi connectivity index (χ1n) is 8.81. The zero-order valence-corrected chi connectivity index (χ0v) is 18.2. The number of hydrogen-bond acceptors (Lipinski definition) is 5. The van der Waals surface area contributed by atoms with Gasteiger partial charge in [-0.3, -0.25) is 4.79 Å². The second-order valence-electron chi connectivity index (χ2n) is 6.49. The highest BCUT2D eigenvalue weighted by Crippen LogP contribution is 2.25. The number of ether oxygens (including phenoxy) is 1. The molecule has 0 fully saturated rings. The molecule has 1 amide bonds. The van der Waals surface area contributed by atoms with Gasteiger partial charge in [0, 0.05) is 10.5 Å². The maximum Gasteiger partial charge on any atom is 0.257 e. The largest absolute Gasteiger partial charge is 0.439 e. The molecule has 0 atom stereocenters. The summed E-state index contributed by atoms with van der Waals surface area (Å²) in [6, 6.07) is 16.7. The lowest BCUT2D eigenvalue weighted by atomic mass is 10.2. The fraction of sp³-hybridized carbons (Fsp3) is 0.143. The van der Waals surface area contributed by atoms with E-state index in [9.17, 15) is 13.2 Å². The Morgan fingerprint density at radius 2 is 1.83 bits per heavy atom. The summed E-state index contributed by atoms with van der Waals surface area (Å²) in [5.74, 6) is 0.465. The van der Waals surface area contributed by atoms with Crippen molar-refractivity contribution >= 4 is 37.4 Å². The van der Waals surface area contributed by atoms with Crippen molar-refractivity contribution in [2.45, 2.75) is 24.0 Å². The van der Waals surface area contributed by atoms with Crippen molar-refractivity contribution in [3.63, 3.8) is 0 Å². The molecule has 0 radical (unpaired) electrons. The van der Waals surface area contributed by atoms with Crippen LogP contribution in [-0.4, -0.2) is 24.6 Å². The van der Waals surface area contributed by atoms with E-state index in [1.807, 2.05) is 18.2 Å². The second-order valence-corrected chi connectivity index (χ2v) is 9.88. The number of hydrogen-bond donors (Lipinski definition) is 1. The molecule has 1 N–H and O–H groups in total. The van der Waals surface area contributed by atoms with Crippen LogP contribution in [0.2, 0.25) is 0 Å². The summed E-state index contributed by atoms with van der Waals surface area (Å²) in [5.41, 5.74) is 0.518. The number of carbonyl (C=O) groups is 1. The Balaban J connectivity index is 1.77. The molecule has 6 nitrogen and oxygen atoms in total. The van der Waals surface area contributed by atoms with Gasteiger partial charge in [-0.1, -0.05) is 34.1 Å². The number of nitrogens with one attached hydrogen (secondary N) is 1. The molecular formula is C21H19BrN2O4S. The lowest BCUT2D eigenvalue weighted by Gasteiger charge is -2.13. The minimum absolute atomic E-state index is 0.00932. The highest BCUT2D eigenvalue weighted by atomic mass is 79.9. The highest BCUT2D eigenvalue weighted by molar-refractivity contribution is 9.10. The third kappa shape index (κ3) is 5.02. The molecule has 0 saturated heterocycles. The number of amides is 1. The number of anilines is 1. The molecule has 0 aliphatic heterocycles. The molecule has 3 aromatic rings. The van der Waals surface area contributed by atoms with Crippen LogP contribution in [0.15, 0.2) is 76.2 Å². The van der Waals surface area contributed by atoms with Crippen LogP contribution < -0.4 is 10.1 Å². The minimum atomic E-state index is -3.59. The average molecular weight is 475 g/mol. The molecule has 0 aliphatic rings. The van der Waals surface area contributed by atoms with Crippen LogP contribution >= 0.6 is 15.9 Å². The first kappa shape index (κ1) is 21.0. The van der Waals surface area contributed by atoms with E-state index in [0.717, 1.165) is 4.47 Å². The molecule has 0 spiro atoms. The number of rotatable bonds is 6. The maximum atomic E-state index is 12.7. The average Bonchev–Trinajstić information content (AvgIpc) is 2.69. The molecule has 1 heterocycles. The fourth-order valence-corrected chi connectivity index (χ4v) is 4.14. The van der Waals surface area contributed by atoms with E-state index >= 15 is 0 Å². The standard InChI is InChI=1S/C21H19BrN2O4S/c1-14(2)29(26,27)19-9-4-3-8-18(19)21(25)24-16-10-11-20(23-13-16)28-17-7-5-6-15(22)12-17/h3-14H,1-2H3,(H,24,25). The van der Waals surface area contributed by atoms with Gasteiger partial charge in [-0.15, -0.1) is 0 Å². The van der Waals surface area contributed by atoms with Gasteiger partial charge in [0.05, 0.1) is 27.6 Å². The van der Waals surface area contributed by atoms with E-state index in [0.29, 0.717) is 17.3 Å². The molecular weight excluding hydrogens is 456 g/mol. The Labute approximate surface area is 178 Å². The summed E-state index contributed by atoms with van der Waals surface area (Å²) in [6.07, 6.45) is 1.45. The predicted octanol–water partition coefficient (Wildman–Crippen LogP) is 5.07. The number of sulfone groups is 1. The summed E-state index contributed by atoms with van der Waals surface area (Å²) < 4.78 is 31.6. The van der Waals surface area contributed by atoms with Crippen LogP contribution in [-0.2, 0) is 9.84 Å². The van der Waals surface area contributed by atoms with E-state index in [1.54, 1.807) is 44.2 Å². The number of nitrogens with zero attached hydrogens (tertiary/aromatic N) is 1. The van der Waals surface area contributed by atoms with Gasteiger partial charge in [-0.2, -0.15) is 0 Å². The van der Waals surface area contributed by atoms with Crippen LogP contribution in [0.3, 0.4) is 0 Å². The van der Waals surface area contributed by atoms with Gasteiger partial charge >= 0.3 is 0 Å². The second kappa shape index (κ2) is 8.75. The van der Waals surface area contributed by atoms with E-state index in [-0.39, 0.29) is 10.5 Å². The lowest BCUT2D eigenvalue weighted by Crippen LogP contribution is -2.20. The summed E-state index contributed by atoms with van der Waals surface area (Å²) in [5, 5.41) is 2.05. The van der Waals surface area contributed by atoms with Gasteiger partial charge in [-0.25, -0.2) is 13.4 Å². The Kier molecular flexibility index (Phi) is 6.34. The molecule has 1 aromatic heterocycles. The summed E-state index contributed by atoms with van der Waals surface area (Å²) in [7, 11) is -3.59. The monoisotopic (exact) mass is 474 g/mol. The molecule has 0 unspecified atom stereocenters. The topological polar surface area (TPSA) is 85.4 Å². The summed E-state index contributed by atoms with van der Waals surface area (Å²) >= 11 is 3.37. The maximum absolute atomic E-state index is 12.7. The number of benzene rings is 2. The quantitative estimate of drug-likeness (QED) is 0.538. The van der Waals surface area contributed by atoms with Gasteiger partial charge in [-0.05, 0) is 50.2 Å². The van der Waals surface area contributed by atoms with Crippen LogP contribution in [0.5, 0.6) is 11.6 Å². The Morgan fingerprint density at radius 3 is 2.48 bits per heavy atom. The van der Waals surface area contributed by atoms with E-state index in [1.165, 1.54) is 18.3 Å². The lowest BCUT2D eigenvalue weighted by molar-refractivity contribution is 0.102. The molecule has 150 valence electrons. The first-order valence-corrected chi connectivity index (χ1v) is 11.1. The van der Waals surface area contributed by atoms with E-state index in [4.69, 9.17) is 4.74 Å². The zero-order valence-electron chi connectivity index (χ0n) is 15.8. The third-order valence-electron chi connectivity index (χ3n) is 4.07. The third-order valence-corrected chi connectivity index (χ3v) is 6.78. The van der Waals surface area contributed by atoms with Crippen molar-refractivity contribution in [3.05, 3.63) is 76.9 Å². The Morgan fingerprint density at radius 1 is 1.07 bits per heavy atom. The van der Waals surface area contributed by atoms with E-state index < -0.39 is 21.0 Å². The number of pyridine rings is 1. The van der Waals surface area contributed by atoms with Crippen molar-refractivity contribution in [1.82, 2.24) is 4.98 Å². The molecule has 3 rings (SSSR count). The number of carbonyl (C=O) groups excluding carboxylic acids is 1. The minimum Gasteiger partial charge on any atom is -0.439 e. The highest BCUT2D eigenvalue weighted by Gasteiger charge is 2.25. The van der Waals surface area contributed by atoms with Gasteiger partial charge in [0.25, 0.3) is 5.91 Å². The smallest absolute Gasteiger partial charge is 0.257 e. The van der Waals surface area contributed by atoms with E-state index in [2.05, 4.69) is 26.2 Å². The van der Waals surface area contributed by atoms with Crippen molar-refractivity contribution in [3.8, 4) is 11.6 Å². The predicted molar refractivity (Wildman–Crippen MR) is 115 cm³/mol. The van der Waals surface area contributed by atoms with Crippen LogP contribution in [0.1, 0.15) is 24.2 Å². The van der Waals surface area contributed by atoms with Gasteiger partial charge < -0.3 is 10.1 Å². The van der Waals surface area contributed by atoms with Gasteiger partial charge in [0.15, 0.2) is 9.84 Å². The normalized spacial score (nSPS) is 11.3. The Bertz CT molecular complexity index is 1130. The van der Waals surface area contributed by atoms with Crippen molar-refractivity contribution in [1.29, 1.82) is 0 Å². The van der Waals surface area contributed by atoms with Crippen LogP contribution in [0.4, 0.5) is 5.69 Å². The van der Waals surface area contributed by atoms with Crippen molar-refractivity contribution in [2.75, 3.05) is 5.32 Å². The number of aromatic nitrogens is 1. The number of halogens is 1. The molecule has 0 aliphatic carbocycles. The van der Waals surface area contributed by atoms with Gasteiger partial charge in [0.2, 0.25) is 5.88 Å². The van der Waals surface area contributed by atoms with Crippen LogP contribution in [0.25, 0.3) is 0 Å². The zero-order chi connectivity index (χ0) is 21.0. The molecule has 8 heteroatoms.